The largest absolute Gasteiger partial charge is 0.374 e. The van der Waals surface area contributed by atoms with Crippen molar-refractivity contribution in [3.63, 3.8) is 0 Å². The lowest BCUT2D eigenvalue weighted by Gasteiger charge is -2.36. The van der Waals surface area contributed by atoms with Crippen LogP contribution in [-0.4, -0.2) is 42.8 Å². The summed E-state index contributed by atoms with van der Waals surface area (Å²) in [6.07, 6.45) is 5.63. The standard InChI is InChI=1S/C15H32N2O/c1-5-13(6-2)11-17(7-3)14(10-16)15-9-8-12(4)18-15/h12-15H,5-11,16H2,1-4H3. The number of nitrogens with zero attached hydrogens (tertiary/aromatic N) is 1. The number of rotatable bonds is 8. The highest BCUT2D eigenvalue weighted by Gasteiger charge is 2.32. The molecule has 2 N–H and O–H groups in total. The molecule has 18 heavy (non-hydrogen) atoms. The van der Waals surface area contributed by atoms with Crippen LogP contribution in [0, 0.1) is 5.92 Å². The summed E-state index contributed by atoms with van der Waals surface area (Å²) >= 11 is 0. The van der Waals surface area contributed by atoms with Crippen molar-refractivity contribution < 1.29 is 4.74 Å². The lowest BCUT2D eigenvalue weighted by atomic mass is 9.99. The van der Waals surface area contributed by atoms with Crippen LogP contribution in [0.4, 0.5) is 0 Å². The van der Waals surface area contributed by atoms with Crippen LogP contribution in [-0.2, 0) is 4.74 Å². The first-order valence-corrected chi connectivity index (χ1v) is 7.75. The molecule has 3 unspecified atom stereocenters. The van der Waals surface area contributed by atoms with Gasteiger partial charge in [-0.2, -0.15) is 0 Å². The third kappa shape index (κ3) is 4.22. The Balaban J connectivity index is 2.59. The molecule has 3 heteroatoms. The van der Waals surface area contributed by atoms with Gasteiger partial charge in [-0.1, -0.05) is 33.6 Å². The Labute approximate surface area is 113 Å². The van der Waals surface area contributed by atoms with Crippen LogP contribution < -0.4 is 5.73 Å². The number of ether oxygens (including phenoxy) is 1. The average molecular weight is 256 g/mol. The minimum absolute atomic E-state index is 0.347. The quantitative estimate of drug-likeness (QED) is 0.725. The normalized spacial score (nSPS) is 26.2. The average Bonchev–Trinajstić information content (AvgIpc) is 2.81. The molecule has 0 amide bonds. The molecule has 0 spiro atoms. The highest BCUT2D eigenvalue weighted by molar-refractivity contribution is 4.86. The Morgan fingerprint density at radius 2 is 1.89 bits per heavy atom. The number of nitrogens with two attached hydrogens (primary N) is 1. The maximum absolute atomic E-state index is 6.02. The number of likely N-dealkylation sites (N-methyl/N-ethyl adjacent to an activating group) is 1. The van der Waals surface area contributed by atoms with E-state index in [9.17, 15) is 0 Å². The molecule has 0 aromatic carbocycles. The maximum Gasteiger partial charge on any atom is 0.0747 e. The van der Waals surface area contributed by atoms with Crippen molar-refractivity contribution in [3.05, 3.63) is 0 Å². The minimum Gasteiger partial charge on any atom is -0.374 e. The number of hydrogen-bond acceptors (Lipinski definition) is 3. The summed E-state index contributed by atoms with van der Waals surface area (Å²) < 4.78 is 6.02. The highest BCUT2D eigenvalue weighted by Crippen LogP contribution is 2.25. The van der Waals surface area contributed by atoms with E-state index in [0.29, 0.717) is 24.8 Å². The Kier molecular flexibility index (Phi) is 7.20. The second kappa shape index (κ2) is 8.13. The van der Waals surface area contributed by atoms with Gasteiger partial charge in [0.15, 0.2) is 0 Å². The first kappa shape index (κ1) is 15.9. The van der Waals surface area contributed by atoms with Gasteiger partial charge in [0.25, 0.3) is 0 Å². The minimum atomic E-state index is 0.347. The first-order chi connectivity index (χ1) is 8.65. The van der Waals surface area contributed by atoms with Gasteiger partial charge >= 0.3 is 0 Å². The Bertz CT molecular complexity index is 219. The van der Waals surface area contributed by atoms with Crippen molar-refractivity contribution in [3.8, 4) is 0 Å². The fourth-order valence-electron chi connectivity index (χ4n) is 3.03. The van der Waals surface area contributed by atoms with Gasteiger partial charge in [0, 0.05) is 19.1 Å². The molecule has 1 heterocycles. The summed E-state index contributed by atoms with van der Waals surface area (Å²) in [6, 6.07) is 0.403. The summed E-state index contributed by atoms with van der Waals surface area (Å²) in [5, 5.41) is 0. The molecule has 0 aromatic rings. The van der Waals surface area contributed by atoms with Gasteiger partial charge in [-0.3, -0.25) is 4.90 Å². The molecule has 0 aromatic heterocycles. The van der Waals surface area contributed by atoms with Gasteiger partial charge in [0.05, 0.1) is 12.2 Å². The maximum atomic E-state index is 6.02. The Hall–Kier alpha value is -0.120. The topological polar surface area (TPSA) is 38.5 Å². The van der Waals surface area contributed by atoms with E-state index >= 15 is 0 Å². The second-order valence-electron chi connectivity index (χ2n) is 5.64. The van der Waals surface area contributed by atoms with Crippen molar-refractivity contribution in [2.45, 2.75) is 71.6 Å². The molecule has 0 saturated carbocycles. The van der Waals surface area contributed by atoms with Crippen LogP contribution in [0.1, 0.15) is 53.4 Å². The third-order valence-corrected chi connectivity index (χ3v) is 4.46. The first-order valence-electron chi connectivity index (χ1n) is 7.75. The summed E-state index contributed by atoms with van der Waals surface area (Å²) in [4.78, 5) is 2.54. The predicted molar refractivity (Wildman–Crippen MR) is 77.7 cm³/mol. The molecule has 3 atom stereocenters. The molecule has 1 aliphatic rings. The molecule has 1 aliphatic heterocycles. The zero-order valence-electron chi connectivity index (χ0n) is 12.7. The van der Waals surface area contributed by atoms with E-state index in [1.165, 1.54) is 32.2 Å². The van der Waals surface area contributed by atoms with Crippen molar-refractivity contribution in [2.24, 2.45) is 11.7 Å². The van der Waals surface area contributed by atoms with Gasteiger partial charge < -0.3 is 10.5 Å². The lowest BCUT2D eigenvalue weighted by Crippen LogP contribution is -2.49. The van der Waals surface area contributed by atoms with Crippen molar-refractivity contribution in [1.82, 2.24) is 4.90 Å². The molecule has 1 rings (SSSR count). The van der Waals surface area contributed by atoms with Gasteiger partial charge in [0.2, 0.25) is 0 Å². The van der Waals surface area contributed by atoms with Gasteiger partial charge in [-0.05, 0) is 32.2 Å². The molecule has 0 radical (unpaired) electrons. The second-order valence-corrected chi connectivity index (χ2v) is 5.64. The van der Waals surface area contributed by atoms with Crippen LogP contribution in [0.3, 0.4) is 0 Å². The van der Waals surface area contributed by atoms with E-state index in [-0.39, 0.29) is 0 Å². The summed E-state index contributed by atoms with van der Waals surface area (Å²) in [7, 11) is 0. The SMILES string of the molecule is CCC(CC)CN(CC)C(CN)C1CCC(C)O1. The van der Waals surface area contributed by atoms with Crippen molar-refractivity contribution in [2.75, 3.05) is 19.6 Å². The summed E-state index contributed by atoms with van der Waals surface area (Å²) in [5.41, 5.74) is 6.01. The van der Waals surface area contributed by atoms with Crippen LogP contribution in [0.25, 0.3) is 0 Å². The van der Waals surface area contributed by atoms with Crippen molar-refractivity contribution in [1.29, 1.82) is 0 Å². The predicted octanol–water partition coefficient (Wildman–Crippen LogP) is 2.64. The van der Waals surface area contributed by atoms with Crippen LogP contribution in [0.15, 0.2) is 0 Å². The van der Waals surface area contributed by atoms with Crippen LogP contribution >= 0.6 is 0 Å². The van der Waals surface area contributed by atoms with Gasteiger partial charge in [-0.15, -0.1) is 0 Å². The molecule has 3 nitrogen and oxygen atoms in total. The zero-order valence-corrected chi connectivity index (χ0v) is 12.7. The Morgan fingerprint density at radius 1 is 1.22 bits per heavy atom. The number of hydrogen-bond donors (Lipinski definition) is 1. The molecule has 1 fully saturated rings. The van der Waals surface area contributed by atoms with Crippen LogP contribution in [0.2, 0.25) is 0 Å². The molecule has 108 valence electrons. The van der Waals surface area contributed by atoms with E-state index in [4.69, 9.17) is 10.5 Å². The molecule has 0 aliphatic carbocycles. The zero-order chi connectivity index (χ0) is 13.5. The monoisotopic (exact) mass is 256 g/mol. The fourth-order valence-corrected chi connectivity index (χ4v) is 3.03. The molecule has 0 bridgehead atoms. The molecular formula is C15H32N2O. The van der Waals surface area contributed by atoms with Gasteiger partial charge in [-0.25, -0.2) is 0 Å². The molecular weight excluding hydrogens is 224 g/mol. The smallest absolute Gasteiger partial charge is 0.0747 e. The van der Waals surface area contributed by atoms with Gasteiger partial charge in [0.1, 0.15) is 0 Å². The van der Waals surface area contributed by atoms with E-state index in [2.05, 4.69) is 32.6 Å². The van der Waals surface area contributed by atoms with E-state index in [1.54, 1.807) is 0 Å². The Morgan fingerprint density at radius 3 is 2.28 bits per heavy atom. The highest BCUT2D eigenvalue weighted by atomic mass is 16.5. The van der Waals surface area contributed by atoms with E-state index in [0.717, 1.165) is 12.5 Å². The van der Waals surface area contributed by atoms with Crippen LogP contribution in [0.5, 0.6) is 0 Å². The van der Waals surface area contributed by atoms with E-state index < -0.39 is 0 Å². The summed E-state index contributed by atoms with van der Waals surface area (Å²) in [6.45, 7) is 11.9. The van der Waals surface area contributed by atoms with Crippen molar-refractivity contribution >= 4 is 0 Å². The van der Waals surface area contributed by atoms with E-state index in [1.807, 2.05) is 0 Å². The molecule has 1 saturated heterocycles. The fraction of sp³-hybridized carbons (Fsp3) is 1.00. The summed E-state index contributed by atoms with van der Waals surface area (Å²) in [5.74, 6) is 0.790. The lowest BCUT2D eigenvalue weighted by molar-refractivity contribution is -0.00736. The third-order valence-electron chi connectivity index (χ3n) is 4.46.